The van der Waals surface area contributed by atoms with Crippen LogP contribution in [0.5, 0.6) is 0 Å². The van der Waals surface area contributed by atoms with Gasteiger partial charge in [0.05, 0.1) is 0 Å². The lowest BCUT2D eigenvalue weighted by Gasteiger charge is -2.38. The number of rotatable bonds is 10. The van der Waals surface area contributed by atoms with Crippen LogP contribution in [0.3, 0.4) is 0 Å². The highest BCUT2D eigenvalue weighted by Crippen LogP contribution is 2.36. The summed E-state index contributed by atoms with van der Waals surface area (Å²) in [6, 6.07) is 22.4. The molecule has 4 aromatic rings. The first-order valence-corrected chi connectivity index (χ1v) is 17.1. The summed E-state index contributed by atoms with van der Waals surface area (Å²) in [5.41, 5.74) is 4.51. The van der Waals surface area contributed by atoms with Gasteiger partial charge in [0.2, 0.25) is 11.8 Å². The van der Waals surface area contributed by atoms with E-state index in [4.69, 9.17) is 11.6 Å². The minimum absolute atomic E-state index is 0.0637. The number of amides is 3. The van der Waals surface area contributed by atoms with Crippen molar-refractivity contribution < 1.29 is 14.4 Å². The molecular weight excluding hydrogens is 610 g/mol. The van der Waals surface area contributed by atoms with Crippen molar-refractivity contribution in [1.82, 2.24) is 20.1 Å². The normalized spacial score (nSPS) is 17.5. The number of aromatic amines is 1. The maximum atomic E-state index is 14.5. The highest BCUT2D eigenvalue weighted by atomic mass is 35.5. The molecular formula is C38H44ClN5O3. The van der Waals surface area contributed by atoms with Crippen LogP contribution in [0.4, 0.5) is 5.69 Å². The second-order valence-electron chi connectivity index (χ2n) is 13.3. The number of piperidine rings is 1. The van der Waals surface area contributed by atoms with Crippen LogP contribution in [-0.4, -0.2) is 78.8 Å². The summed E-state index contributed by atoms with van der Waals surface area (Å²) in [5, 5.41) is 4.86. The van der Waals surface area contributed by atoms with Crippen LogP contribution >= 0.6 is 11.6 Å². The molecule has 0 radical (unpaired) electrons. The number of halogens is 1. The molecule has 0 saturated carbocycles. The molecule has 1 saturated heterocycles. The van der Waals surface area contributed by atoms with Crippen LogP contribution < -0.4 is 10.2 Å². The van der Waals surface area contributed by atoms with Gasteiger partial charge in [0, 0.05) is 72.4 Å². The number of fused-ring (bicyclic) bond motifs is 2. The Labute approximate surface area is 282 Å². The Balaban J connectivity index is 1.15. The molecule has 2 N–H and O–H groups in total. The second-order valence-corrected chi connectivity index (χ2v) is 13.7. The van der Waals surface area contributed by atoms with E-state index in [-0.39, 0.29) is 23.6 Å². The maximum Gasteiger partial charge on any atom is 0.253 e. The predicted molar refractivity (Wildman–Crippen MR) is 188 cm³/mol. The molecule has 0 aliphatic carbocycles. The summed E-state index contributed by atoms with van der Waals surface area (Å²) in [5.74, 6) is 0.382. The summed E-state index contributed by atoms with van der Waals surface area (Å²) in [6.07, 6.45) is 5.90. The van der Waals surface area contributed by atoms with Gasteiger partial charge in [-0.3, -0.25) is 14.4 Å². The highest BCUT2D eigenvalue weighted by molar-refractivity contribution is 6.32. The van der Waals surface area contributed by atoms with Crippen molar-refractivity contribution in [2.75, 3.05) is 45.2 Å². The number of anilines is 1. The van der Waals surface area contributed by atoms with Gasteiger partial charge in [-0.1, -0.05) is 54.1 Å². The van der Waals surface area contributed by atoms with Gasteiger partial charge in [-0.05, 0) is 93.1 Å². The first kappa shape index (κ1) is 32.8. The number of carbonyl (C=O) groups excluding carboxylic acids is 3. The first-order chi connectivity index (χ1) is 22.8. The van der Waals surface area contributed by atoms with Crippen molar-refractivity contribution in [2.45, 2.75) is 44.6 Å². The molecule has 2 aliphatic heterocycles. The Kier molecular flexibility index (Phi) is 10.3. The summed E-state index contributed by atoms with van der Waals surface area (Å²) in [4.78, 5) is 50.2. The third-order valence-corrected chi connectivity index (χ3v) is 10.00. The molecule has 1 fully saturated rings. The van der Waals surface area contributed by atoms with Crippen molar-refractivity contribution in [1.29, 1.82) is 0 Å². The monoisotopic (exact) mass is 653 g/mol. The zero-order valence-corrected chi connectivity index (χ0v) is 28.0. The van der Waals surface area contributed by atoms with Gasteiger partial charge in [0.25, 0.3) is 5.91 Å². The van der Waals surface area contributed by atoms with E-state index in [9.17, 15) is 14.4 Å². The Morgan fingerprint density at radius 2 is 1.70 bits per heavy atom. The zero-order chi connectivity index (χ0) is 32.9. The molecule has 9 heteroatoms. The number of H-pyrrole nitrogens is 1. The van der Waals surface area contributed by atoms with E-state index in [2.05, 4.69) is 15.2 Å². The summed E-state index contributed by atoms with van der Waals surface area (Å²) in [7, 11) is 4.08. The lowest BCUT2D eigenvalue weighted by Crippen LogP contribution is -2.53. The number of nitrogens with zero attached hydrogens (tertiary/aromatic N) is 3. The largest absolute Gasteiger partial charge is 0.361 e. The lowest BCUT2D eigenvalue weighted by atomic mass is 9.90. The number of aromatic nitrogens is 1. The minimum Gasteiger partial charge on any atom is -0.361 e. The van der Waals surface area contributed by atoms with Crippen LogP contribution in [0.2, 0.25) is 5.02 Å². The average molecular weight is 654 g/mol. The topological polar surface area (TPSA) is 88.8 Å². The van der Waals surface area contributed by atoms with Crippen LogP contribution in [0.1, 0.15) is 47.2 Å². The fourth-order valence-electron chi connectivity index (χ4n) is 7.26. The molecule has 0 bridgehead atoms. The number of para-hydroxylation sites is 1. The second kappa shape index (κ2) is 14.7. The van der Waals surface area contributed by atoms with Crippen LogP contribution in [0, 0.1) is 11.8 Å². The molecule has 0 spiro atoms. The zero-order valence-electron chi connectivity index (χ0n) is 27.3. The SMILES string of the molecule is CN(C)C[C@@H]1Cc2c(Cl)cccc2N(C(=O)[C@H](Cc2c[nH]c3ccccc23)NC(=O)CCC2CCN(C(=O)c3ccccc3)CC2)C1. The van der Waals surface area contributed by atoms with Gasteiger partial charge in [-0.2, -0.15) is 0 Å². The van der Waals surface area contributed by atoms with E-state index in [0.29, 0.717) is 49.0 Å². The van der Waals surface area contributed by atoms with E-state index >= 15 is 0 Å². The molecule has 2 atom stereocenters. The number of benzene rings is 3. The van der Waals surface area contributed by atoms with Crippen molar-refractivity contribution in [3.05, 3.63) is 101 Å². The van der Waals surface area contributed by atoms with Crippen LogP contribution in [-0.2, 0) is 22.4 Å². The fourth-order valence-corrected chi connectivity index (χ4v) is 7.50. The quantitative estimate of drug-likeness (QED) is 0.222. The van der Waals surface area contributed by atoms with E-state index in [0.717, 1.165) is 59.9 Å². The lowest BCUT2D eigenvalue weighted by molar-refractivity contribution is -0.127. The van der Waals surface area contributed by atoms with Gasteiger partial charge >= 0.3 is 0 Å². The summed E-state index contributed by atoms with van der Waals surface area (Å²) < 4.78 is 0. The van der Waals surface area contributed by atoms with Crippen LogP contribution in [0.25, 0.3) is 10.9 Å². The molecule has 3 heterocycles. The van der Waals surface area contributed by atoms with Crippen molar-refractivity contribution in [3.63, 3.8) is 0 Å². The third-order valence-electron chi connectivity index (χ3n) is 9.64. The number of carbonyl (C=O) groups is 3. The smallest absolute Gasteiger partial charge is 0.253 e. The van der Waals surface area contributed by atoms with Gasteiger partial charge in [-0.25, -0.2) is 0 Å². The van der Waals surface area contributed by atoms with E-state index in [1.165, 1.54) is 0 Å². The highest BCUT2D eigenvalue weighted by Gasteiger charge is 2.35. The molecule has 8 nitrogen and oxygen atoms in total. The molecule has 3 aromatic carbocycles. The van der Waals surface area contributed by atoms with Crippen LogP contribution in [0.15, 0.2) is 79.0 Å². The Morgan fingerprint density at radius 1 is 0.957 bits per heavy atom. The molecule has 0 unspecified atom stereocenters. The van der Waals surface area contributed by atoms with Gasteiger partial charge in [0.1, 0.15) is 6.04 Å². The van der Waals surface area contributed by atoms with Gasteiger partial charge < -0.3 is 25.0 Å². The van der Waals surface area contributed by atoms with Gasteiger partial charge in [0.15, 0.2) is 0 Å². The van der Waals surface area contributed by atoms with Crippen molar-refractivity contribution >= 4 is 45.9 Å². The Hall–Kier alpha value is -4.14. The Bertz CT molecular complexity index is 1710. The van der Waals surface area contributed by atoms with E-state index < -0.39 is 6.04 Å². The number of nitrogens with one attached hydrogen (secondary N) is 2. The number of hydrogen-bond donors (Lipinski definition) is 2. The van der Waals surface area contributed by atoms with Gasteiger partial charge in [-0.15, -0.1) is 0 Å². The molecule has 2 aliphatic rings. The standard InChI is InChI=1S/C38H44ClN5O3/c1-42(2)24-27-21-31-32(39)12-8-14-35(31)44(25-27)38(47)34(22-29-23-40-33-13-7-6-11-30(29)33)41-36(45)16-15-26-17-19-43(20-18-26)37(46)28-9-4-3-5-10-28/h3-14,23,26-27,34,40H,15-22,24-25H2,1-2H3,(H,41,45)/t27-,34-/m0/s1. The molecule has 47 heavy (non-hydrogen) atoms. The molecule has 3 amide bonds. The molecule has 1 aromatic heterocycles. The summed E-state index contributed by atoms with van der Waals surface area (Å²) >= 11 is 6.68. The van der Waals surface area contributed by atoms with E-state index in [1.54, 1.807) is 0 Å². The fraction of sp³-hybridized carbons (Fsp3) is 0.395. The number of hydrogen-bond acceptors (Lipinski definition) is 4. The van der Waals surface area contributed by atoms with Crippen molar-refractivity contribution in [2.24, 2.45) is 11.8 Å². The third kappa shape index (κ3) is 7.71. The first-order valence-electron chi connectivity index (χ1n) is 16.7. The average Bonchev–Trinajstić information content (AvgIpc) is 3.49. The maximum absolute atomic E-state index is 14.5. The van der Waals surface area contributed by atoms with E-state index in [1.807, 2.05) is 103 Å². The minimum atomic E-state index is -0.739. The molecule has 6 rings (SSSR count). The molecule has 246 valence electrons. The predicted octanol–water partition coefficient (Wildman–Crippen LogP) is 5.95. The Morgan fingerprint density at radius 3 is 2.47 bits per heavy atom. The number of likely N-dealkylation sites (tertiary alicyclic amines) is 1. The van der Waals surface area contributed by atoms with Crippen molar-refractivity contribution in [3.8, 4) is 0 Å². The summed E-state index contributed by atoms with van der Waals surface area (Å²) in [6.45, 7) is 2.76.